The summed E-state index contributed by atoms with van der Waals surface area (Å²) in [5.74, 6) is 0.956. The molecule has 4 heterocycles. The van der Waals surface area contributed by atoms with E-state index in [1.165, 1.54) is 9.08 Å². The van der Waals surface area contributed by atoms with Crippen molar-refractivity contribution in [2.45, 2.75) is 44.8 Å². The molecule has 5 aromatic rings. The standard InChI is InChI=1S/C35H35Cl2F2N7O3/c1-45-30(18-40-14-13-29(38)39)44-46-19-21(15-28(46)35(45)48)23-5-3-6-24(32(23)36)25-7-4-8-26(33(25)37)27-11-9-20(34(43-27)49-2)16-41-17-22-10-12-31(47)42-22/h3-9,11,15,19,22,29,40-41H,10,12-14,16-18H2,1-2H3,(H,42,47). The van der Waals surface area contributed by atoms with Gasteiger partial charge in [-0.05, 0) is 18.6 Å². The SMILES string of the molecule is COc1nc(-c2cccc(-c3cccc(-c4cc5c(=O)n(C)c(CNCCC(F)F)nn5c4)c3Cl)c2Cl)ccc1CNCC1CCC(=O)N1. The lowest BCUT2D eigenvalue weighted by Crippen LogP contribution is -2.35. The van der Waals surface area contributed by atoms with E-state index in [2.05, 4.69) is 21.0 Å². The van der Waals surface area contributed by atoms with E-state index in [-0.39, 0.29) is 37.0 Å². The number of benzene rings is 2. The van der Waals surface area contributed by atoms with E-state index in [4.69, 9.17) is 32.9 Å². The quantitative estimate of drug-likeness (QED) is 0.131. The van der Waals surface area contributed by atoms with Crippen LogP contribution >= 0.6 is 23.2 Å². The average molecular weight is 711 g/mol. The predicted molar refractivity (Wildman–Crippen MR) is 186 cm³/mol. The number of hydrogen-bond donors (Lipinski definition) is 3. The summed E-state index contributed by atoms with van der Waals surface area (Å²) in [6, 6.07) is 16.9. The number of amides is 1. The molecule has 1 aliphatic rings. The zero-order valence-electron chi connectivity index (χ0n) is 26.9. The summed E-state index contributed by atoms with van der Waals surface area (Å²) < 4.78 is 33.6. The van der Waals surface area contributed by atoms with Crippen LogP contribution in [0.15, 0.2) is 65.6 Å². The zero-order chi connectivity index (χ0) is 34.7. The maximum atomic E-state index is 13.2. The first-order chi connectivity index (χ1) is 23.6. The Hall–Kier alpha value is -4.36. The van der Waals surface area contributed by atoms with Gasteiger partial charge in [-0.1, -0.05) is 65.7 Å². The van der Waals surface area contributed by atoms with Crippen LogP contribution in [-0.2, 0) is 24.9 Å². The lowest BCUT2D eigenvalue weighted by atomic mass is 9.97. The summed E-state index contributed by atoms with van der Waals surface area (Å²) >= 11 is 14.1. The molecule has 1 saturated heterocycles. The topological polar surface area (TPSA) is 115 Å². The first kappa shape index (κ1) is 34.5. The van der Waals surface area contributed by atoms with Gasteiger partial charge in [0.2, 0.25) is 18.2 Å². The van der Waals surface area contributed by atoms with Crippen LogP contribution in [0.2, 0.25) is 10.0 Å². The lowest BCUT2D eigenvalue weighted by Gasteiger charge is -2.15. The van der Waals surface area contributed by atoms with Crippen LogP contribution in [0.25, 0.3) is 39.0 Å². The van der Waals surface area contributed by atoms with Crippen molar-refractivity contribution in [3.05, 3.63) is 92.6 Å². The number of carbonyl (C=O) groups is 1. The van der Waals surface area contributed by atoms with Crippen molar-refractivity contribution in [3.8, 4) is 39.4 Å². The molecule has 2 aromatic carbocycles. The van der Waals surface area contributed by atoms with Crippen molar-refractivity contribution in [2.75, 3.05) is 20.2 Å². The third-order valence-corrected chi connectivity index (χ3v) is 9.37. The molecule has 0 bridgehead atoms. The predicted octanol–water partition coefficient (Wildman–Crippen LogP) is 5.86. The maximum Gasteiger partial charge on any atom is 0.277 e. The highest BCUT2D eigenvalue weighted by Crippen LogP contribution is 2.42. The third-order valence-electron chi connectivity index (χ3n) is 8.56. The summed E-state index contributed by atoms with van der Waals surface area (Å²) in [4.78, 5) is 29.4. The maximum absolute atomic E-state index is 13.2. The number of halogens is 4. The van der Waals surface area contributed by atoms with E-state index < -0.39 is 6.43 Å². The number of nitrogens with one attached hydrogen (secondary N) is 3. The van der Waals surface area contributed by atoms with Crippen molar-refractivity contribution >= 4 is 34.6 Å². The Morgan fingerprint density at radius 1 is 1.00 bits per heavy atom. The van der Waals surface area contributed by atoms with Crippen LogP contribution in [-0.4, -0.2) is 57.7 Å². The number of nitrogens with zero attached hydrogens (tertiary/aromatic N) is 4. The molecule has 0 spiro atoms. The van der Waals surface area contributed by atoms with E-state index >= 15 is 0 Å². The van der Waals surface area contributed by atoms with Crippen LogP contribution in [0.4, 0.5) is 8.78 Å². The number of hydrogen-bond acceptors (Lipinski definition) is 7. The van der Waals surface area contributed by atoms with Crippen molar-refractivity contribution in [2.24, 2.45) is 7.05 Å². The number of ether oxygens (including phenoxy) is 1. The molecule has 0 radical (unpaired) electrons. The Balaban J connectivity index is 1.26. The number of pyridine rings is 1. The van der Waals surface area contributed by atoms with Gasteiger partial charge in [-0.2, -0.15) is 5.10 Å². The number of aromatic nitrogens is 4. The molecule has 1 amide bonds. The fourth-order valence-electron chi connectivity index (χ4n) is 5.93. The first-order valence-corrected chi connectivity index (χ1v) is 16.6. The van der Waals surface area contributed by atoms with Gasteiger partial charge in [0.1, 0.15) is 11.3 Å². The molecule has 10 nitrogen and oxygen atoms in total. The lowest BCUT2D eigenvalue weighted by molar-refractivity contribution is -0.119. The molecule has 0 aliphatic carbocycles. The van der Waals surface area contributed by atoms with Gasteiger partial charge in [0.05, 0.1) is 29.4 Å². The van der Waals surface area contributed by atoms with Gasteiger partial charge in [-0.25, -0.2) is 18.3 Å². The van der Waals surface area contributed by atoms with Gasteiger partial charge in [0.15, 0.2) is 0 Å². The van der Waals surface area contributed by atoms with E-state index in [0.29, 0.717) is 80.3 Å². The van der Waals surface area contributed by atoms with E-state index in [1.54, 1.807) is 26.4 Å². The van der Waals surface area contributed by atoms with Crippen LogP contribution in [0.1, 0.15) is 30.7 Å². The Kier molecular flexibility index (Phi) is 10.6. The molecule has 49 heavy (non-hydrogen) atoms. The molecule has 3 aromatic heterocycles. The van der Waals surface area contributed by atoms with Crippen molar-refractivity contribution in [3.63, 3.8) is 0 Å². The molecule has 0 saturated carbocycles. The van der Waals surface area contributed by atoms with Crippen molar-refractivity contribution in [1.29, 1.82) is 0 Å². The summed E-state index contributed by atoms with van der Waals surface area (Å²) in [6.07, 6.45) is 0.396. The highest BCUT2D eigenvalue weighted by Gasteiger charge is 2.21. The van der Waals surface area contributed by atoms with Crippen LogP contribution < -0.4 is 26.2 Å². The normalized spacial score (nSPS) is 14.6. The van der Waals surface area contributed by atoms with Gasteiger partial charge in [0.25, 0.3) is 5.56 Å². The van der Waals surface area contributed by atoms with Gasteiger partial charge in [-0.15, -0.1) is 0 Å². The van der Waals surface area contributed by atoms with Crippen LogP contribution in [0.5, 0.6) is 5.88 Å². The Morgan fingerprint density at radius 3 is 2.41 bits per heavy atom. The average Bonchev–Trinajstić information content (AvgIpc) is 3.71. The molecular weight excluding hydrogens is 675 g/mol. The number of rotatable bonds is 13. The van der Waals surface area contributed by atoms with Crippen LogP contribution in [0.3, 0.4) is 0 Å². The molecular formula is C35H35Cl2F2N7O3. The second-order valence-corrected chi connectivity index (χ2v) is 12.6. The van der Waals surface area contributed by atoms with E-state index in [0.717, 1.165) is 12.0 Å². The van der Waals surface area contributed by atoms with E-state index in [9.17, 15) is 18.4 Å². The fraction of sp³-hybridized carbons (Fsp3) is 0.314. The third kappa shape index (κ3) is 7.47. The Morgan fingerprint density at radius 2 is 1.71 bits per heavy atom. The molecule has 1 aliphatic heterocycles. The monoisotopic (exact) mass is 709 g/mol. The molecule has 6 rings (SSSR count). The summed E-state index contributed by atoms with van der Waals surface area (Å²) in [5, 5.41) is 14.7. The van der Waals surface area contributed by atoms with Crippen molar-refractivity contribution < 1.29 is 18.3 Å². The smallest absolute Gasteiger partial charge is 0.277 e. The highest BCUT2D eigenvalue weighted by atomic mass is 35.5. The summed E-state index contributed by atoms with van der Waals surface area (Å²) in [6.45, 7) is 1.44. The van der Waals surface area contributed by atoms with E-state index in [1.807, 2.05) is 48.5 Å². The second kappa shape index (κ2) is 15.0. The van der Waals surface area contributed by atoms with Crippen LogP contribution in [0, 0.1) is 0 Å². The Bertz CT molecular complexity index is 2070. The zero-order valence-corrected chi connectivity index (χ0v) is 28.4. The number of fused-ring (bicyclic) bond motifs is 1. The van der Waals surface area contributed by atoms with Gasteiger partial charge in [0, 0.05) is 85.1 Å². The largest absolute Gasteiger partial charge is 0.481 e. The minimum Gasteiger partial charge on any atom is -0.481 e. The number of carbonyl (C=O) groups excluding carboxylic acids is 1. The van der Waals surface area contributed by atoms with Gasteiger partial charge >= 0.3 is 0 Å². The first-order valence-electron chi connectivity index (χ1n) is 15.8. The molecule has 1 unspecified atom stereocenters. The van der Waals surface area contributed by atoms with Crippen molar-refractivity contribution in [1.82, 2.24) is 35.1 Å². The number of methoxy groups -OCH3 is 1. The number of alkyl halides is 2. The summed E-state index contributed by atoms with van der Waals surface area (Å²) in [5.41, 5.74) is 5.02. The van der Waals surface area contributed by atoms with Gasteiger partial charge < -0.3 is 20.7 Å². The van der Waals surface area contributed by atoms with Gasteiger partial charge in [-0.3, -0.25) is 14.2 Å². The minimum absolute atomic E-state index is 0.0808. The highest BCUT2D eigenvalue weighted by molar-refractivity contribution is 6.39. The second-order valence-electron chi connectivity index (χ2n) is 11.8. The summed E-state index contributed by atoms with van der Waals surface area (Å²) in [7, 11) is 3.17. The molecule has 3 N–H and O–H groups in total. The molecule has 1 atom stereocenters. The molecule has 256 valence electrons. The molecule has 14 heteroatoms. The minimum atomic E-state index is -2.41. The fourth-order valence-corrected chi connectivity index (χ4v) is 6.59. The Labute approximate surface area is 291 Å². The molecule has 1 fully saturated rings.